The molecule has 23 heavy (non-hydrogen) atoms. The molecule has 0 aromatic heterocycles. The molecule has 5 nitrogen and oxygen atoms in total. The van der Waals surface area contributed by atoms with E-state index >= 15 is 0 Å². The molecular formula is C18H23N3O2. The number of rotatable bonds is 5. The van der Waals surface area contributed by atoms with Crippen molar-refractivity contribution >= 4 is 11.9 Å². The van der Waals surface area contributed by atoms with Gasteiger partial charge in [-0.2, -0.15) is 5.10 Å². The monoisotopic (exact) mass is 313 g/mol. The molecule has 3 N–H and O–H groups in total. The third kappa shape index (κ3) is 2.49. The van der Waals surface area contributed by atoms with Gasteiger partial charge in [0.1, 0.15) is 0 Å². The average Bonchev–Trinajstić information content (AvgIpc) is 3.15. The van der Waals surface area contributed by atoms with E-state index in [0.717, 1.165) is 0 Å². The van der Waals surface area contributed by atoms with Crippen LogP contribution in [0.15, 0.2) is 34.9 Å². The van der Waals surface area contributed by atoms with Crippen LogP contribution < -0.4 is 11.3 Å². The zero-order valence-electron chi connectivity index (χ0n) is 13.4. The van der Waals surface area contributed by atoms with Crippen molar-refractivity contribution in [2.45, 2.75) is 19.4 Å². The predicted molar refractivity (Wildman–Crippen MR) is 89.0 cm³/mol. The number of benzene rings is 1. The summed E-state index contributed by atoms with van der Waals surface area (Å²) in [5.74, 6) is 7.58. The van der Waals surface area contributed by atoms with Gasteiger partial charge < -0.3 is 9.57 Å². The van der Waals surface area contributed by atoms with Crippen molar-refractivity contribution in [3.05, 3.63) is 41.0 Å². The molecule has 2 bridgehead atoms. The largest absolute Gasteiger partial charge is 0.380 e. The number of allylic oxidation sites excluding steroid dienone is 1. The maximum absolute atomic E-state index is 5.33. The highest BCUT2D eigenvalue weighted by molar-refractivity contribution is 5.80. The predicted octanol–water partition coefficient (Wildman–Crippen LogP) is 2.30. The summed E-state index contributed by atoms with van der Waals surface area (Å²) >= 11 is 0. The summed E-state index contributed by atoms with van der Waals surface area (Å²) in [7, 11) is 1.72. The Morgan fingerprint density at radius 2 is 2.09 bits per heavy atom. The van der Waals surface area contributed by atoms with Crippen LogP contribution in [0.3, 0.4) is 0 Å². The highest BCUT2D eigenvalue weighted by Gasteiger charge is 2.50. The molecule has 4 atom stereocenters. The molecular weight excluding hydrogens is 290 g/mol. The first-order valence-electron chi connectivity index (χ1n) is 8.25. The Morgan fingerprint density at radius 1 is 1.26 bits per heavy atom. The first-order valence-corrected chi connectivity index (χ1v) is 8.25. The number of hydrazone groups is 1. The third-order valence-electron chi connectivity index (χ3n) is 5.56. The molecule has 2 saturated carbocycles. The van der Waals surface area contributed by atoms with Gasteiger partial charge in [0.25, 0.3) is 0 Å². The maximum Gasteiger partial charge on any atom is 0.0713 e. The molecule has 0 amide bonds. The van der Waals surface area contributed by atoms with E-state index in [0.29, 0.717) is 36.9 Å². The average molecular weight is 313 g/mol. The molecule has 2 aliphatic carbocycles. The van der Waals surface area contributed by atoms with Gasteiger partial charge in [0, 0.05) is 19.2 Å². The molecule has 1 aromatic rings. The van der Waals surface area contributed by atoms with E-state index in [1.54, 1.807) is 7.11 Å². The Labute approximate surface area is 136 Å². The Kier molecular flexibility index (Phi) is 3.93. The van der Waals surface area contributed by atoms with Gasteiger partial charge in [0.05, 0.1) is 18.9 Å². The number of ether oxygens (including phenoxy) is 1. The quantitative estimate of drug-likeness (QED) is 0.819. The van der Waals surface area contributed by atoms with Gasteiger partial charge in [-0.15, -0.1) is 0 Å². The topological polar surface area (TPSA) is 68.9 Å². The number of fused-ring (bicyclic) bond motifs is 5. The molecule has 4 unspecified atom stereocenters. The zero-order chi connectivity index (χ0) is 15.8. The zero-order valence-corrected chi connectivity index (χ0v) is 13.4. The van der Waals surface area contributed by atoms with Crippen LogP contribution in [0.25, 0.3) is 5.70 Å². The van der Waals surface area contributed by atoms with Crippen LogP contribution in [-0.4, -0.2) is 19.9 Å². The third-order valence-corrected chi connectivity index (χ3v) is 5.56. The van der Waals surface area contributed by atoms with Gasteiger partial charge in [-0.1, -0.05) is 24.3 Å². The van der Waals surface area contributed by atoms with E-state index in [1.165, 1.54) is 35.2 Å². The number of nitrogens with two attached hydrogens (primary N) is 1. The molecule has 0 spiro atoms. The van der Waals surface area contributed by atoms with E-state index in [-0.39, 0.29) is 0 Å². The van der Waals surface area contributed by atoms with Crippen LogP contribution in [0.2, 0.25) is 0 Å². The van der Waals surface area contributed by atoms with Crippen molar-refractivity contribution < 1.29 is 9.57 Å². The first-order chi connectivity index (χ1) is 11.3. The fraction of sp³-hybridized carbons (Fsp3) is 0.500. The molecule has 2 fully saturated rings. The van der Waals surface area contributed by atoms with Crippen molar-refractivity contribution in [2.24, 2.45) is 34.7 Å². The van der Waals surface area contributed by atoms with E-state index in [9.17, 15) is 0 Å². The molecule has 1 aromatic carbocycles. The Bertz CT molecular complexity index is 638. The van der Waals surface area contributed by atoms with Gasteiger partial charge in [-0.25, -0.2) is 5.90 Å². The summed E-state index contributed by atoms with van der Waals surface area (Å²) in [5, 5.41) is 4.41. The smallest absolute Gasteiger partial charge is 0.0713 e. The fourth-order valence-electron chi connectivity index (χ4n) is 4.62. The minimum absolute atomic E-state index is 0.476. The van der Waals surface area contributed by atoms with E-state index in [1.807, 2.05) is 0 Å². The molecule has 5 heteroatoms. The van der Waals surface area contributed by atoms with E-state index in [4.69, 9.17) is 15.5 Å². The molecule has 0 saturated heterocycles. The summed E-state index contributed by atoms with van der Waals surface area (Å²) in [4.78, 5) is 4.95. The van der Waals surface area contributed by atoms with Crippen molar-refractivity contribution in [3.8, 4) is 0 Å². The van der Waals surface area contributed by atoms with Gasteiger partial charge in [-0.05, 0) is 47.3 Å². The van der Waals surface area contributed by atoms with Crippen LogP contribution in [0.5, 0.6) is 0 Å². The molecule has 3 aliphatic rings. The summed E-state index contributed by atoms with van der Waals surface area (Å²) in [6, 6.07) is 8.55. The number of hydrogen-bond acceptors (Lipinski definition) is 5. The lowest BCUT2D eigenvalue weighted by atomic mass is 9.76. The van der Waals surface area contributed by atoms with Crippen LogP contribution in [0.1, 0.15) is 24.0 Å². The summed E-state index contributed by atoms with van der Waals surface area (Å²) in [6.45, 7) is 1.29. The minimum atomic E-state index is 0.476. The van der Waals surface area contributed by atoms with Gasteiger partial charge in [0.2, 0.25) is 0 Å². The lowest BCUT2D eigenvalue weighted by Gasteiger charge is -2.32. The fourth-order valence-corrected chi connectivity index (χ4v) is 4.62. The molecule has 1 heterocycles. The van der Waals surface area contributed by atoms with Crippen molar-refractivity contribution in [2.75, 3.05) is 13.7 Å². The van der Waals surface area contributed by atoms with Crippen LogP contribution >= 0.6 is 0 Å². The first kappa shape index (κ1) is 14.9. The molecule has 0 radical (unpaired) electrons. The highest BCUT2D eigenvalue weighted by atomic mass is 16.6. The minimum Gasteiger partial charge on any atom is -0.380 e. The van der Waals surface area contributed by atoms with Gasteiger partial charge >= 0.3 is 0 Å². The Hall–Kier alpha value is -1.69. The van der Waals surface area contributed by atoms with Gasteiger partial charge in [0.15, 0.2) is 0 Å². The normalized spacial score (nSPS) is 31.4. The second-order valence-corrected chi connectivity index (χ2v) is 6.81. The lowest BCUT2D eigenvalue weighted by molar-refractivity contribution is 0.0864. The summed E-state index contributed by atoms with van der Waals surface area (Å²) in [6.07, 6.45) is 4.51. The number of nitrogens with one attached hydrogen (secondary N) is 1. The maximum atomic E-state index is 5.33. The van der Waals surface area contributed by atoms with Crippen LogP contribution in [0.4, 0.5) is 0 Å². The van der Waals surface area contributed by atoms with Crippen molar-refractivity contribution in [3.63, 3.8) is 0 Å². The molecule has 4 rings (SSSR count). The Morgan fingerprint density at radius 3 is 2.83 bits per heavy atom. The standard InChI is InChI=1S/C18H23N3O2/c1-22-9-11-2-4-12(5-3-11)18-17-15-7-13(6-14(15)10-23-19)16(17)8-20-21-18/h2-5,8,13-16,21H,6-7,9-10,19H2,1H3. The van der Waals surface area contributed by atoms with E-state index < -0.39 is 0 Å². The van der Waals surface area contributed by atoms with Gasteiger partial charge in [-0.3, -0.25) is 5.43 Å². The Balaban J connectivity index is 1.67. The summed E-state index contributed by atoms with van der Waals surface area (Å²) < 4.78 is 5.19. The lowest BCUT2D eigenvalue weighted by Crippen LogP contribution is -2.31. The second kappa shape index (κ2) is 6.07. The second-order valence-electron chi connectivity index (χ2n) is 6.81. The highest BCUT2D eigenvalue weighted by Crippen LogP contribution is 2.56. The van der Waals surface area contributed by atoms with E-state index in [2.05, 4.69) is 41.0 Å². The molecule has 122 valence electrons. The molecule has 1 aliphatic heterocycles. The number of methoxy groups -OCH3 is 1. The van der Waals surface area contributed by atoms with Crippen molar-refractivity contribution in [1.29, 1.82) is 0 Å². The summed E-state index contributed by atoms with van der Waals surface area (Å²) in [5.41, 5.74) is 8.30. The number of nitrogens with zero attached hydrogens (tertiary/aromatic N) is 1. The van der Waals surface area contributed by atoms with Crippen molar-refractivity contribution in [1.82, 2.24) is 5.43 Å². The number of hydrogen-bond donors (Lipinski definition) is 2. The SMILES string of the molecule is COCc1ccc(C2=C3C(C=NN2)C2CC(CON)C3C2)cc1. The van der Waals surface area contributed by atoms with Crippen LogP contribution in [0, 0.1) is 23.7 Å². The van der Waals surface area contributed by atoms with Crippen LogP contribution in [-0.2, 0) is 16.2 Å².